The van der Waals surface area contributed by atoms with Gasteiger partial charge in [0.1, 0.15) is 5.82 Å². The van der Waals surface area contributed by atoms with E-state index in [-0.39, 0.29) is 23.5 Å². The SMILES string of the molecule is C=CC(=O)Nc1ccnc(-c2cccc3cnc(Nc4ccc(N5CCN(C(C)=O)CC5)cc4F)nc23)c1. The second kappa shape index (κ2) is 10.6. The Bertz CT molecular complexity index is 1530. The highest BCUT2D eigenvalue weighted by Gasteiger charge is 2.20. The van der Waals surface area contributed by atoms with Crippen LogP contribution in [0.4, 0.5) is 27.4 Å². The average Bonchev–Trinajstić information content (AvgIpc) is 2.94. The van der Waals surface area contributed by atoms with Crippen molar-refractivity contribution in [2.24, 2.45) is 0 Å². The zero-order valence-corrected chi connectivity index (χ0v) is 20.8. The van der Waals surface area contributed by atoms with Crippen LogP contribution in [-0.4, -0.2) is 57.8 Å². The number of nitrogens with one attached hydrogen (secondary N) is 2. The van der Waals surface area contributed by atoms with Crippen molar-refractivity contribution in [1.82, 2.24) is 19.9 Å². The largest absolute Gasteiger partial charge is 0.368 e. The fourth-order valence-electron chi connectivity index (χ4n) is 4.37. The highest BCUT2D eigenvalue weighted by molar-refractivity contribution is 5.99. The number of amides is 2. The van der Waals surface area contributed by atoms with Gasteiger partial charge in [0.25, 0.3) is 0 Å². The number of hydrogen-bond acceptors (Lipinski definition) is 7. The molecule has 0 atom stereocenters. The monoisotopic (exact) mass is 511 g/mol. The van der Waals surface area contributed by atoms with Gasteiger partial charge in [0, 0.05) is 67.8 Å². The van der Waals surface area contributed by atoms with Crippen LogP contribution in [0.2, 0.25) is 0 Å². The van der Waals surface area contributed by atoms with Crippen molar-refractivity contribution in [3.63, 3.8) is 0 Å². The first kappa shape index (κ1) is 24.8. The number of rotatable bonds is 6. The van der Waals surface area contributed by atoms with Gasteiger partial charge >= 0.3 is 0 Å². The van der Waals surface area contributed by atoms with E-state index in [0.29, 0.717) is 43.1 Å². The first-order valence-electron chi connectivity index (χ1n) is 12.1. The standard InChI is InChI=1S/C28H26FN7O2/c1-3-26(38)32-20-9-10-30-25(15-20)22-6-4-5-19-17-31-28(34-27(19)22)33-24-8-7-21(16-23(24)29)36-13-11-35(12-14-36)18(2)37/h3-10,15-17H,1,11-14H2,2H3,(H,30,32,38)(H,31,33,34). The highest BCUT2D eigenvalue weighted by atomic mass is 19.1. The van der Waals surface area contributed by atoms with E-state index >= 15 is 4.39 Å². The zero-order chi connectivity index (χ0) is 26.6. The van der Waals surface area contributed by atoms with Gasteiger partial charge in [0.05, 0.1) is 16.9 Å². The van der Waals surface area contributed by atoms with Crippen LogP contribution >= 0.6 is 0 Å². The predicted molar refractivity (Wildman–Crippen MR) is 146 cm³/mol. The molecule has 0 saturated carbocycles. The van der Waals surface area contributed by atoms with E-state index in [1.54, 1.807) is 42.4 Å². The maximum atomic E-state index is 15.1. The maximum absolute atomic E-state index is 15.1. The smallest absolute Gasteiger partial charge is 0.247 e. The molecule has 3 heterocycles. The number of carbonyl (C=O) groups is 2. The number of nitrogens with zero attached hydrogens (tertiary/aromatic N) is 5. The number of para-hydroxylation sites is 1. The molecular formula is C28H26FN7O2. The number of fused-ring (bicyclic) bond motifs is 1. The molecule has 0 bridgehead atoms. The Morgan fingerprint density at radius 2 is 1.87 bits per heavy atom. The van der Waals surface area contributed by atoms with Gasteiger partial charge in [0.2, 0.25) is 17.8 Å². The van der Waals surface area contributed by atoms with Crippen LogP contribution in [0.1, 0.15) is 6.92 Å². The van der Waals surface area contributed by atoms with Gasteiger partial charge in [-0.15, -0.1) is 0 Å². The van der Waals surface area contributed by atoms with E-state index in [0.717, 1.165) is 16.6 Å². The topological polar surface area (TPSA) is 103 Å². The maximum Gasteiger partial charge on any atom is 0.247 e. The summed E-state index contributed by atoms with van der Waals surface area (Å²) < 4.78 is 15.1. The van der Waals surface area contributed by atoms with Gasteiger partial charge in [-0.3, -0.25) is 14.6 Å². The minimum Gasteiger partial charge on any atom is -0.368 e. The van der Waals surface area contributed by atoms with Crippen LogP contribution in [0.3, 0.4) is 0 Å². The molecule has 0 spiro atoms. The number of pyridine rings is 1. The van der Waals surface area contributed by atoms with Crippen LogP contribution in [0, 0.1) is 5.82 Å². The molecule has 1 saturated heterocycles. The lowest BCUT2D eigenvalue weighted by Crippen LogP contribution is -2.48. The Morgan fingerprint density at radius 3 is 2.61 bits per heavy atom. The molecule has 38 heavy (non-hydrogen) atoms. The van der Waals surface area contributed by atoms with E-state index in [2.05, 4.69) is 37.1 Å². The van der Waals surface area contributed by atoms with Gasteiger partial charge in [-0.1, -0.05) is 24.8 Å². The number of anilines is 4. The lowest BCUT2D eigenvalue weighted by atomic mass is 10.1. The third-order valence-electron chi connectivity index (χ3n) is 6.39. The summed E-state index contributed by atoms with van der Waals surface area (Å²) in [6, 6.07) is 14.1. The Labute approximate surface area is 219 Å². The summed E-state index contributed by atoms with van der Waals surface area (Å²) in [6.07, 6.45) is 4.46. The lowest BCUT2D eigenvalue weighted by molar-refractivity contribution is -0.129. The number of hydrogen-bond donors (Lipinski definition) is 2. The highest BCUT2D eigenvalue weighted by Crippen LogP contribution is 2.29. The Hall–Kier alpha value is -4.86. The first-order chi connectivity index (χ1) is 18.4. The molecule has 1 fully saturated rings. The lowest BCUT2D eigenvalue weighted by Gasteiger charge is -2.35. The molecular weight excluding hydrogens is 485 g/mol. The van der Waals surface area contributed by atoms with E-state index in [9.17, 15) is 9.59 Å². The molecule has 0 radical (unpaired) electrons. The number of benzene rings is 2. The average molecular weight is 512 g/mol. The van der Waals surface area contributed by atoms with Crippen LogP contribution < -0.4 is 15.5 Å². The molecule has 9 nitrogen and oxygen atoms in total. The quantitative estimate of drug-likeness (QED) is 0.371. The van der Waals surface area contributed by atoms with Crippen molar-refractivity contribution in [1.29, 1.82) is 0 Å². The van der Waals surface area contributed by atoms with Crippen LogP contribution in [-0.2, 0) is 9.59 Å². The summed E-state index contributed by atoms with van der Waals surface area (Å²) in [5.41, 5.74) is 3.57. The molecule has 0 aliphatic carbocycles. The number of aromatic nitrogens is 3. The third kappa shape index (κ3) is 5.29. The van der Waals surface area contributed by atoms with Crippen molar-refractivity contribution >= 4 is 45.7 Å². The van der Waals surface area contributed by atoms with E-state index in [4.69, 9.17) is 0 Å². The van der Waals surface area contributed by atoms with Gasteiger partial charge in [-0.05, 0) is 36.4 Å². The second-order valence-corrected chi connectivity index (χ2v) is 8.84. The summed E-state index contributed by atoms with van der Waals surface area (Å²) in [5, 5.41) is 6.50. The fourth-order valence-corrected chi connectivity index (χ4v) is 4.37. The first-order valence-corrected chi connectivity index (χ1v) is 12.1. The minimum absolute atomic E-state index is 0.0527. The van der Waals surface area contributed by atoms with Crippen molar-refractivity contribution in [3.05, 3.63) is 79.4 Å². The molecule has 192 valence electrons. The third-order valence-corrected chi connectivity index (χ3v) is 6.39. The van der Waals surface area contributed by atoms with Crippen LogP contribution in [0.25, 0.3) is 22.2 Å². The summed E-state index contributed by atoms with van der Waals surface area (Å²) in [7, 11) is 0. The molecule has 2 aromatic carbocycles. The minimum atomic E-state index is -0.430. The molecule has 5 rings (SSSR count). The van der Waals surface area contributed by atoms with Gasteiger partial charge in [-0.25, -0.2) is 14.4 Å². The molecule has 0 unspecified atom stereocenters. The van der Waals surface area contributed by atoms with E-state index in [1.807, 2.05) is 24.3 Å². The normalized spacial score (nSPS) is 13.3. The number of halogens is 1. The van der Waals surface area contributed by atoms with Crippen molar-refractivity contribution in [3.8, 4) is 11.3 Å². The summed E-state index contributed by atoms with van der Waals surface area (Å²) in [4.78, 5) is 40.6. The Balaban J connectivity index is 1.39. The van der Waals surface area contributed by atoms with Gasteiger partial charge in [0.15, 0.2) is 0 Å². The fraction of sp³-hybridized carbons (Fsp3) is 0.179. The molecule has 1 aliphatic heterocycles. The van der Waals surface area contributed by atoms with Crippen molar-refractivity contribution in [2.75, 3.05) is 41.7 Å². The summed E-state index contributed by atoms with van der Waals surface area (Å²) >= 11 is 0. The van der Waals surface area contributed by atoms with E-state index in [1.165, 1.54) is 12.1 Å². The number of piperazine rings is 1. The van der Waals surface area contributed by atoms with E-state index < -0.39 is 5.82 Å². The second-order valence-electron chi connectivity index (χ2n) is 8.84. The van der Waals surface area contributed by atoms with Crippen LogP contribution in [0.5, 0.6) is 0 Å². The Kier molecular flexibility index (Phi) is 6.94. The van der Waals surface area contributed by atoms with Crippen molar-refractivity contribution in [2.45, 2.75) is 6.92 Å². The van der Waals surface area contributed by atoms with Gasteiger partial charge in [-0.2, -0.15) is 0 Å². The predicted octanol–water partition coefficient (Wildman–Crippen LogP) is 4.37. The molecule has 4 aromatic rings. The van der Waals surface area contributed by atoms with Crippen molar-refractivity contribution < 1.29 is 14.0 Å². The molecule has 1 aliphatic rings. The molecule has 2 amide bonds. The molecule has 10 heteroatoms. The summed E-state index contributed by atoms with van der Waals surface area (Å²) in [6.45, 7) is 7.56. The summed E-state index contributed by atoms with van der Waals surface area (Å²) in [5.74, 6) is -0.458. The van der Waals surface area contributed by atoms with Crippen LogP contribution in [0.15, 0.2) is 73.6 Å². The van der Waals surface area contributed by atoms with Gasteiger partial charge < -0.3 is 20.4 Å². The molecule has 2 aromatic heterocycles. The zero-order valence-electron chi connectivity index (χ0n) is 20.8. The molecule has 2 N–H and O–H groups in total. The number of carbonyl (C=O) groups excluding carboxylic acids is 2. The Morgan fingerprint density at radius 1 is 1.05 bits per heavy atom.